The Hall–Kier alpha value is -2.90. The van der Waals surface area contributed by atoms with Gasteiger partial charge in [0.1, 0.15) is 0 Å². The van der Waals surface area contributed by atoms with Crippen molar-refractivity contribution < 1.29 is 21.9 Å². The monoisotopic (exact) mass is 372 g/mol. The number of methoxy groups -OCH3 is 1. The number of halogens is 1. The lowest BCUT2D eigenvalue weighted by Crippen LogP contribution is -3.00. The number of ether oxygens (including phenoxy) is 2. The molecule has 7 nitrogen and oxygen atoms in total. The molecule has 0 unspecified atom stereocenters. The summed E-state index contributed by atoms with van der Waals surface area (Å²) in [4.78, 5) is 0. The fourth-order valence-corrected chi connectivity index (χ4v) is 2.30. The van der Waals surface area contributed by atoms with E-state index in [1.807, 2.05) is 54.6 Å². The lowest BCUT2D eigenvalue weighted by Gasteiger charge is -2.11. The van der Waals surface area contributed by atoms with Crippen molar-refractivity contribution in [3.63, 3.8) is 0 Å². The van der Waals surface area contributed by atoms with Crippen molar-refractivity contribution in [3.8, 4) is 23.2 Å². The van der Waals surface area contributed by atoms with Crippen LogP contribution in [0.3, 0.4) is 0 Å². The molecule has 0 saturated heterocycles. The van der Waals surface area contributed by atoms with Crippen LogP contribution in [0.15, 0.2) is 61.2 Å². The molecule has 3 aromatic rings. The topological polar surface area (TPSA) is 74.1 Å². The van der Waals surface area contributed by atoms with Gasteiger partial charge in [-0.1, -0.05) is 35.4 Å². The first-order valence-electron chi connectivity index (χ1n) is 7.82. The molecule has 0 saturated carbocycles. The summed E-state index contributed by atoms with van der Waals surface area (Å²) in [6.07, 6.45) is 1.82. The molecule has 0 radical (unpaired) electrons. The Kier molecular flexibility index (Phi) is 7.13. The average Bonchev–Trinajstić information content (AvgIpc) is 3.12. The lowest BCUT2D eigenvalue weighted by atomic mass is 10.2. The van der Waals surface area contributed by atoms with E-state index in [-0.39, 0.29) is 18.4 Å². The van der Waals surface area contributed by atoms with Crippen molar-refractivity contribution in [1.29, 1.82) is 0 Å². The van der Waals surface area contributed by atoms with Crippen molar-refractivity contribution in [2.45, 2.75) is 6.54 Å². The molecule has 1 heterocycles. The van der Waals surface area contributed by atoms with Gasteiger partial charge in [0.15, 0.2) is 11.5 Å². The zero-order chi connectivity index (χ0) is 17.5. The van der Waals surface area contributed by atoms with Crippen LogP contribution in [-0.4, -0.2) is 33.9 Å². The molecule has 136 valence electrons. The summed E-state index contributed by atoms with van der Waals surface area (Å²) in [6, 6.07) is 15.5. The highest BCUT2D eigenvalue weighted by Crippen LogP contribution is 2.31. The Labute approximate surface area is 158 Å². The summed E-state index contributed by atoms with van der Waals surface area (Å²) >= 11 is 0. The van der Waals surface area contributed by atoms with Gasteiger partial charge in [-0.05, 0) is 40.3 Å². The first kappa shape index (κ1) is 19.4. The Morgan fingerprint density at radius 2 is 1.96 bits per heavy atom. The number of tetrazole rings is 1. The van der Waals surface area contributed by atoms with Gasteiger partial charge < -0.3 is 27.2 Å². The van der Waals surface area contributed by atoms with Gasteiger partial charge in [0.25, 0.3) is 0 Å². The van der Waals surface area contributed by atoms with Crippen LogP contribution in [0.5, 0.6) is 17.5 Å². The lowest BCUT2D eigenvalue weighted by molar-refractivity contribution is -0.00000604. The van der Waals surface area contributed by atoms with Gasteiger partial charge in [0.2, 0.25) is 0 Å². The summed E-state index contributed by atoms with van der Waals surface area (Å²) in [7, 11) is 1.60. The molecule has 8 heteroatoms. The third-order valence-corrected chi connectivity index (χ3v) is 3.49. The fourth-order valence-electron chi connectivity index (χ4n) is 2.30. The van der Waals surface area contributed by atoms with Crippen molar-refractivity contribution in [3.05, 3.63) is 66.7 Å². The standard InChI is InChI=1S/C18H19N5O2.ClH/c1-3-11-19-13-14-9-10-16(17(12-14)24-2)25-18-20-21-22-23(18)15-7-5-4-6-8-15;/h3-10,12,19H,1,11,13H2,2H3;1H/p-1. The van der Waals surface area contributed by atoms with E-state index < -0.39 is 0 Å². The smallest absolute Gasteiger partial charge is 0.346 e. The van der Waals surface area contributed by atoms with Crippen molar-refractivity contribution in [2.75, 3.05) is 13.7 Å². The number of nitrogens with zero attached hydrogens (tertiary/aromatic N) is 4. The molecule has 0 spiro atoms. The Morgan fingerprint density at radius 1 is 1.15 bits per heavy atom. The van der Waals surface area contributed by atoms with E-state index in [1.54, 1.807) is 7.11 Å². The number of benzene rings is 2. The third kappa shape index (κ3) is 4.59. The molecule has 26 heavy (non-hydrogen) atoms. The van der Waals surface area contributed by atoms with Gasteiger partial charge >= 0.3 is 6.01 Å². The SMILES string of the molecule is C=CCNCc1ccc(Oc2nnnn2-c2ccccc2)c(OC)c1.[Cl-]. The predicted molar refractivity (Wildman–Crippen MR) is 94.1 cm³/mol. The summed E-state index contributed by atoms with van der Waals surface area (Å²) in [5.41, 5.74) is 1.89. The maximum absolute atomic E-state index is 5.87. The molecule has 0 aliphatic rings. The van der Waals surface area contributed by atoms with Crippen LogP contribution in [0.25, 0.3) is 5.69 Å². The molecule has 0 fully saturated rings. The predicted octanol–water partition coefficient (Wildman–Crippen LogP) is -0.257. The number of hydrogen-bond donors (Lipinski definition) is 1. The highest BCUT2D eigenvalue weighted by Gasteiger charge is 2.14. The van der Waals surface area contributed by atoms with Crippen LogP contribution in [-0.2, 0) is 6.54 Å². The Balaban J connectivity index is 0.00000243. The van der Waals surface area contributed by atoms with Gasteiger partial charge in [-0.2, -0.15) is 4.68 Å². The number of rotatable bonds is 8. The van der Waals surface area contributed by atoms with E-state index in [2.05, 4.69) is 27.4 Å². The maximum Gasteiger partial charge on any atom is 0.346 e. The van der Waals surface area contributed by atoms with Crippen LogP contribution in [0.1, 0.15) is 5.56 Å². The van der Waals surface area contributed by atoms with Crippen LogP contribution >= 0.6 is 0 Å². The molecule has 0 amide bonds. The second-order valence-corrected chi connectivity index (χ2v) is 5.22. The van der Waals surface area contributed by atoms with Gasteiger partial charge in [0, 0.05) is 13.1 Å². The molecule has 2 aromatic carbocycles. The van der Waals surface area contributed by atoms with Gasteiger partial charge in [-0.15, -0.1) is 6.58 Å². The van der Waals surface area contributed by atoms with E-state index in [0.717, 1.165) is 17.8 Å². The first-order valence-corrected chi connectivity index (χ1v) is 7.82. The molecule has 0 aliphatic carbocycles. The minimum absolute atomic E-state index is 0. The largest absolute Gasteiger partial charge is 1.00 e. The van der Waals surface area contributed by atoms with E-state index in [1.165, 1.54) is 4.68 Å². The minimum atomic E-state index is 0. The quantitative estimate of drug-likeness (QED) is 0.434. The van der Waals surface area contributed by atoms with Crippen LogP contribution in [0, 0.1) is 0 Å². The average molecular weight is 373 g/mol. The van der Waals surface area contributed by atoms with E-state index in [0.29, 0.717) is 18.0 Å². The molecular weight excluding hydrogens is 354 g/mol. The zero-order valence-electron chi connectivity index (χ0n) is 14.3. The maximum atomic E-state index is 5.87. The van der Waals surface area contributed by atoms with Gasteiger partial charge in [0.05, 0.1) is 12.8 Å². The van der Waals surface area contributed by atoms with Crippen molar-refractivity contribution in [2.24, 2.45) is 0 Å². The summed E-state index contributed by atoms with van der Waals surface area (Å²) in [5, 5.41) is 14.9. The summed E-state index contributed by atoms with van der Waals surface area (Å²) < 4.78 is 12.8. The third-order valence-electron chi connectivity index (χ3n) is 3.49. The second-order valence-electron chi connectivity index (χ2n) is 5.22. The molecule has 1 N–H and O–H groups in total. The number of hydrogen-bond acceptors (Lipinski definition) is 6. The molecule has 0 bridgehead atoms. The van der Waals surface area contributed by atoms with Gasteiger partial charge in [-0.25, -0.2) is 0 Å². The van der Waals surface area contributed by atoms with Crippen molar-refractivity contribution >= 4 is 0 Å². The normalized spacial score (nSPS) is 10.0. The molecule has 3 rings (SSSR count). The fraction of sp³-hybridized carbons (Fsp3) is 0.167. The first-order chi connectivity index (χ1) is 12.3. The summed E-state index contributed by atoms with van der Waals surface area (Å²) in [6.45, 7) is 5.14. The number of nitrogens with one attached hydrogen (secondary N) is 1. The van der Waals surface area contributed by atoms with Crippen LogP contribution in [0.2, 0.25) is 0 Å². The zero-order valence-corrected chi connectivity index (χ0v) is 15.1. The second kappa shape index (κ2) is 9.55. The number of para-hydroxylation sites is 1. The van der Waals surface area contributed by atoms with Gasteiger partial charge in [-0.3, -0.25) is 0 Å². The van der Waals surface area contributed by atoms with E-state index in [4.69, 9.17) is 9.47 Å². The van der Waals surface area contributed by atoms with Crippen LogP contribution in [0.4, 0.5) is 0 Å². The molecular formula is C18H19ClN5O2-. The Morgan fingerprint density at radius 3 is 2.69 bits per heavy atom. The number of aromatic nitrogens is 4. The van der Waals surface area contributed by atoms with Crippen molar-refractivity contribution in [1.82, 2.24) is 25.5 Å². The van der Waals surface area contributed by atoms with E-state index >= 15 is 0 Å². The Bertz CT molecular complexity index is 839. The highest BCUT2D eigenvalue weighted by atomic mass is 35.5. The van der Waals surface area contributed by atoms with E-state index in [9.17, 15) is 0 Å². The summed E-state index contributed by atoms with van der Waals surface area (Å²) in [5.74, 6) is 1.16. The van der Waals surface area contributed by atoms with Crippen LogP contribution < -0.4 is 27.2 Å². The highest BCUT2D eigenvalue weighted by molar-refractivity contribution is 5.44. The molecule has 0 aliphatic heterocycles. The molecule has 1 aromatic heterocycles. The molecule has 0 atom stereocenters. The minimum Gasteiger partial charge on any atom is -1.00 e.